The highest BCUT2D eigenvalue weighted by atomic mass is 16.5. The van der Waals surface area contributed by atoms with Crippen molar-refractivity contribution in [3.8, 4) is 5.75 Å². The Hall–Kier alpha value is -1.31. The van der Waals surface area contributed by atoms with Gasteiger partial charge >= 0.3 is 0 Å². The monoisotopic (exact) mass is 260 g/mol. The van der Waals surface area contributed by atoms with Crippen molar-refractivity contribution in [3.63, 3.8) is 0 Å². The van der Waals surface area contributed by atoms with Gasteiger partial charge in [0.05, 0.1) is 6.61 Å². The summed E-state index contributed by atoms with van der Waals surface area (Å²) in [4.78, 5) is 12.0. The third kappa shape index (κ3) is 4.38. The molecule has 0 spiro atoms. The lowest BCUT2D eigenvalue weighted by atomic mass is 9.85. The van der Waals surface area contributed by atoms with Gasteiger partial charge in [0.25, 0.3) is 0 Å². The van der Waals surface area contributed by atoms with Gasteiger partial charge in [0.1, 0.15) is 11.5 Å². The van der Waals surface area contributed by atoms with Crippen LogP contribution in [0.4, 0.5) is 0 Å². The summed E-state index contributed by atoms with van der Waals surface area (Å²) in [6.07, 6.45) is 7.48. The molecular formula is C17H24O2. The molecule has 1 aliphatic rings. The Labute approximate surface area is 116 Å². The molecule has 0 N–H and O–H groups in total. The van der Waals surface area contributed by atoms with Crippen LogP contribution in [0, 0.1) is 5.92 Å². The standard InChI is InChI=1S/C17H24O2/c1-2-14-7-6-10-16(13-14)19-12-11-17(18)15-8-4-3-5-9-15/h6-7,10,13,15H,2-5,8-9,11-12H2,1H3. The van der Waals surface area contributed by atoms with Crippen LogP contribution in [0.1, 0.15) is 51.0 Å². The molecule has 1 aromatic rings. The van der Waals surface area contributed by atoms with Gasteiger partial charge in [-0.05, 0) is 37.0 Å². The molecule has 0 heterocycles. The number of hydrogen-bond acceptors (Lipinski definition) is 2. The molecule has 0 unspecified atom stereocenters. The van der Waals surface area contributed by atoms with E-state index < -0.39 is 0 Å². The highest BCUT2D eigenvalue weighted by Crippen LogP contribution is 2.25. The summed E-state index contributed by atoms with van der Waals surface area (Å²) >= 11 is 0. The lowest BCUT2D eigenvalue weighted by Crippen LogP contribution is -2.19. The Morgan fingerprint density at radius 2 is 2.05 bits per heavy atom. The molecular weight excluding hydrogens is 236 g/mol. The number of hydrogen-bond donors (Lipinski definition) is 0. The van der Waals surface area contributed by atoms with Gasteiger partial charge in [-0.3, -0.25) is 4.79 Å². The van der Waals surface area contributed by atoms with Crippen LogP contribution in [0.2, 0.25) is 0 Å². The predicted molar refractivity (Wildman–Crippen MR) is 77.5 cm³/mol. The number of benzene rings is 1. The molecule has 2 nitrogen and oxygen atoms in total. The number of carbonyl (C=O) groups is 1. The smallest absolute Gasteiger partial charge is 0.139 e. The number of ether oxygens (including phenoxy) is 1. The number of aryl methyl sites for hydroxylation is 1. The van der Waals surface area contributed by atoms with E-state index in [0.717, 1.165) is 25.0 Å². The normalized spacial score (nSPS) is 16.3. The highest BCUT2D eigenvalue weighted by Gasteiger charge is 2.20. The van der Waals surface area contributed by atoms with Crippen LogP contribution in [0.5, 0.6) is 5.75 Å². The van der Waals surface area contributed by atoms with Gasteiger partial charge in [0.2, 0.25) is 0 Å². The molecule has 0 aliphatic heterocycles. The summed E-state index contributed by atoms with van der Waals surface area (Å²) in [7, 11) is 0. The zero-order valence-electron chi connectivity index (χ0n) is 11.9. The van der Waals surface area contributed by atoms with E-state index in [-0.39, 0.29) is 0 Å². The van der Waals surface area contributed by atoms with Crippen LogP contribution in [-0.2, 0) is 11.2 Å². The van der Waals surface area contributed by atoms with Gasteiger partial charge in [-0.2, -0.15) is 0 Å². The zero-order chi connectivity index (χ0) is 13.5. The molecule has 0 radical (unpaired) electrons. The minimum Gasteiger partial charge on any atom is -0.493 e. The average Bonchev–Trinajstić information content (AvgIpc) is 2.48. The van der Waals surface area contributed by atoms with Crippen molar-refractivity contribution in [2.75, 3.05) is 6.61 Å². The molecule has 0 bridgehead atoms. The van der Waals surface area contributed by atoms with E-state index in [4.69, 9.17) is 4.74 Å². The van der Waals surface area contributed by atoms with Gasteiger partial charge in [-0.1, -0.05) is 38.3 Å². The topological polar surface area (TPSA) is 26.3 Å². The first-order valence-electron chi connectivity index (χ1n) is 7.54. The summed E-state index contributed by atoms with van der Waals surface area (Å²) in [5, 5.41) is 0. The van der Waals surface area contributed by atoms with Crippen molar-refractivity contribution < 1.29 is 9.53 Å². The van der Waals surface area contributed by atoms with Crippen LogP contribution in [0.25, 0.3) is 0 Å². The number of ketones is 1. The largest absolute Gasteiger partial charge is 0.493 e. The Kier molecular flexibility index (Phi) is 5.44. The number of carbonyl (C=O) groups excluding carboxylic acids is 1. The lowest BCUT2D eigenvalue weighted by molar-refractivity contribution is -0.124. The Morgan fingerprint density at radius 1 is 1.26 bits per heavy atom. The van der Waals surface area contributed by atoms with Crippen molar-refractivity contribution >= 4 is 5.78 Å². The van der Waals surface area contributed by atoms with E-state index in [9.17, 15) is 4.79 Å². The maximum Gasteiger partial charge on any atom is 0.139 e. The van der Waals surface area contributed by atoms with E-state index in [1.807, 2.05) is 12.1 Å². The number of rotatable bonds is 6. The summed E-state index contributed by atoms with van der Waals surface area (Å²) in [6.45, 7) is 2.65. The fraction of sp³-hybridized carbons (Fsp3) is 0.588. The Balaban J connectivity index is 1.74. The van der Waals surface area contributed by atoms with E-state index in [2.05, 4.69) is 19.1 Å². The van der Waals surface area contributed by atoms with E-state index in [1.165, 1.54) is 24.8 Å². The fourth-order valence-electron chi connectivity index (χ4n) is 2.75. The molecule has 2 heteroatoms. The molecule has 1 aliphatic carbocycles. The van der Waals surface area contributed by atoms with E-state index in [0.29, 0.717) is 24.7 Å². The zero-order valence-corrected chi connectivity index (χ0v) is 11.9. The SMILES string of the molecule is CCc1cccc(OCCC(=O)C2CCCCC2)c1. The van der Waals surface area contributed by atoms with Gasteiger partial charge in [-0.15, -0.1) is 0 Å². The van der Waals surface area contributed by atoms with Gasteiger partial charge < -0.3 is 4.74 Å². The number of Topliss-reactive ketones (excluding diaryl/α,β-unsaturated/α-hetero) is 1. The van der Waals surface area contributed by atoms with Crippen molar-refractivity contribution in [3.05, 3.63) is 29.8 Å². The molecule has 19 heavy (non-hydrogen) atoms. The minimum absolute atomic E-state index is 0.305. The quantitative estimate of drug-likeness (QED) is 0.767. The molecule has 1 aromatic carbocycles. The molecule has 1 fully saturated rings. The van der Waals surface area contributed by atoms with Crippen molar-refractivity contribution in [1.29, 1.82) is 0 Å². The third-order valence-electron chi connectivity index (χ3n) is 3.98. The van der Waals surface area contributed by atoms with Crippen molar-refractivity contribution in [1.82, 2.24) is 0 Å². The van der Waals surface area contributed by atoms with E-state index in [1.54, 1.807) is 0 Å². The second-order valence-corrected chi connectivity index (χ2v) is 5.40. The van der Waals surface area contributed by atoms with Crippen LogP contribution in [0.15, 0.2) is 24.3 Å². The van der Waals surface area contributed by atoms with E-state index >= 15 is 0 Å². The van der Waals surface area contributed by atoms with Gasteiger partial charge in [0, 0.05) is 12.3 Å². The fourth-order valence-corrected chi connectivity index (χ4v) is 2.75. The Morgan fingerprint density at radius 3 is 2.79 bits per heavy atom. The molecule has 0 saturated heterocycles. The summed E-state index contributed by atoms with van der Waals surface area (Å²) in [5.41, 5.74) is 1.27. The highest BCUT2D eigenvalue weighted by molar-refractivity contribution is 5.81. The molecule has 0 atom stereocenters. The predicted octanol–water partition coefficient (Wildman–Crippen LogP) is 4.17. The van der Waals surface area contributed by atoms with Gasteiger partial charge in [0.15, 0.2) is 0 Å². The van der Waals surface area contributed by atoms with Crippen molar-refractivity contribution in [2.45, 2.75) is 51.9 Å². The van der Waals surface area contributed by atoms with Crippen molar-refractivity contribution in [2.24, 2.45) is 5.92 Å². The maximum atomic E-state index is 12.0. The molecule has 1 saturated carbocycles. The molecule has 2 rings (SSSR count). The summed E-state index contributed by atoms with van der Waals surface area (Å²) in [5.74, 6) is 1.58. The lowest BCUT2D eigenvalue weighted by Gasteiger charge is -2.20. The first-order valence-corrected chi connectivity index (χ1v) is 7.54. The second-order valence-electron chi connectivity index (χ2n) is 5.40. The molecule has 104 valence electrons. The average molecular weight is 260 g/mol. The molecule has 0 aromatic heterocycles. The van der Waals surface area contributed by atoms with Crippen LogP contribution < -0.4 is 4.74 Å². The van der Waals surface area contributed by atoms with Gasteiger partial charge in [-0.25, -0.2) is 0 Å². The minimum atomic E-state index is 0.305. The van der Waals surface area contributed by atoms with Crippen LogP contribution >= 0.6 is 0 Å². The summed E-state index contributed by atoms with van der Waals surface area (Å²) in [6, 6.07) is 8.13. The summed E-state index contributed by atoms with van der Waals surface area (Å²) < 4.78 is 5.69. The second kappa shape index (κ2) is 7.32. The first kappa shape index (κ1) is 14.1. The first-order chi connectivity index (χ1) is 9.29. The molecule has 0 amide bonds. The van der Waals surface area contributed by atoms with Crippen LogP contribution in [0.3, 0.4) is 0 Å². The Bertz CT molecular complexity index is 405. The maximum absolute atomic E-state index is 12.0. The third-order valence-corrected chi connectivity index (χ3v) is 3.98. The van der Waals surface area contributed by atoms with Crippen LogP contribution in [-0.4, -0.2) is 12.4 Å².